The van der Waals surface area contributed by atoms with Crippen molar-refractivity contribution in [2.75, 3.05) is 46.9 Å². The molecule has 2 aliphatic rings. The molecule has 8 heteroatoms. The summed E-state index contributed by atoms with van der Waals surface area (Å²) in [6.07, 6.45) is 2.31. The van der Waals surface area contributed by atoms with Crippen molar-refractivity contribution in [1.29, 1.82) is 0 Å². The van der Waals surface area contributed by atoms with Crippen molar-refractivity contribution in [3.05, 3.63) is 42.0 Å². The van der Waals surface area contributed by atoms with E-state index in [9.17, 15) is 9.59 Å². The van der Waals surface area contributed by atoms with Crippen molar-refractivity contribution in [2.24, 2.45) is 0 Å². The maximum absolute atomic E-state index is 9.55. The Balaban J connectivity index is 0.000000300. The van der Waals surface area contributed by atoms with E-state index in [-0.39, 0.29) is 6.10 Å². The second-order valence-corrected chi connectivity index (χ2v) is 6.88. The zero-order valence-corrected chi connectivity index (χ0v) is 16.3. The molecule has 0 spiro atoms. The smallest absolute Gasteiger partial charge is 0.328 e. The van der Waals surface area contributed by atoms with Gasteiger partial charge < -0.3 is 24.6 Å². The summed E-state index contributed by atoms with van der Waals surface area (Å²) in [6.45, 7) is 4.80. The highest BCUT2D eigenvalue weighted by Gasteiger charge is 2.36. The van der Waals surface area contributed by atoms with Gasteiger partial charge in [-0.2, -0.15) is 0 Å². The van der Waals surface area contributed by atoms with Crippen LogP contribution in [0.5, 0.6) is 5.75 Å². The van der Waals surface area contributed by atoms with Crippen molar-refractivity contribution < 1.29 is 29.3 Å². The van der Waals surface area contributed by atoms with Gasteiger partial charge >= 0.3 is 11.9 Å². The quantitative estimate of drug-likeness (QED) is 0.727. The number of carboxylic acid groups (broad SMARTS) is 2. The van der Waals surface area contributed by atoms with E-state index in [1.165, 1.54) is 5.56 Å². The van der Waals surface area contributed by atoms with Gasteiger partial charge in [-0.15, -0.1) is 0 Å². The van der Waals surface area contributed by atoms with Crippen LogP contribution in [0.1, 0.15) is 18.1 Å². The number of hydrogen-bond donors (Lipinski definition) is 2. The predicted molar refractivity (Wildman–Crippen MR) is 104 cm³/mol. The van der Waals surface area contributed by atoms with Crippen LogP contribution in [-0.4, -0.2) is 84.9 Å². The van der Waals surface area contributed by atoms with E-state index in [0.717, 1.165) is 45.0 Å². The highest BCUT2D eigenvalue weighted by molar-refractivity contribution is 5.89. The number of para-hydroxylation sites is 1. The maximum Gasteiger partial charge on any atom is 0.328 e. The summed E-state index contributed by atoms with van der Waals surface area (Å²) in [6, 6.07) is 8.75. The molecule has 0 amide bonds. The Morgan fingerprint density at radius 2 is 1.86 bits per heavy atom. The fraction of sp³-hybridized carbons (Fsp3) is 0.500. The first-order valence-electron chi connectivity index (χ1n) is 9.24. The summed E-state index contributed by atoms with van der Waals surface area (Å²) in [5, 5.41) is 15.6. The minimum atomic E-state index is -1.26. The number of aliphatic carboxylic acids is 2. The lowest BCUT2D eigenvalue weighted by atomic mass is 9.97. The van der Waals surface area contributed by atoms with E-state index in [4.69, 9.17) is 19.7 Å². The minimum absolute atomic E-state index is 0.157. The van der Waals surface area contributed by atoms with Gasteiger partial charge in [-0.25, -0.2) is 9.59 Å². The third kappa shape index (κ3) is 6.63. The lowest BCUT2D eigenvalue weighted by Crippen LogP contribution is -2.49. The zero-order chi connectivity index (χ0) is 20.5. The van der Waals surface area contributed by atoms with Crippen LogP contribution in [0, 0.1) is 0 Å². The lowest BCUT2D eigenvalue weighted by Gasteiger charge is -2.40. The predicted octanol–water partition coefficient (Wildman–Crippen LogP) is 1.48. The molecular weight excluding hydrogens is 364 g/mol. The number of carbonyl (C=O) groups is 2. The molecule has 1 saturated heterocycles. The SMILES string of the molecule is CN(C)CCN1CCO[C@H]2c3ccccc3OCC[C@@H]21.O=C(O)C=CC(=O)O. The number of nitrogens with zero attached hydrogens (tertiary/aromatic N) is 2. The monoisotopic (exact) mass is 392 g/mol. The zero-order valence-electron chi connectivity index (χ0n) is 16.3. The first-order valence-corrected chi connectivity index (χ1v) is 9.24. The van der Waals surface area contributed by atoms with E-state index in [1.807, 2.05) is 6.07 Å². The normalized spacial score (nSPS) is 21.7. The van der Waals surface area contributed by atoms with Crippen LogP contribution in [0.2, 0.25) is 0 Å². The molecule has 1 fully saturated rings. The van der Waals surface area contributed by atoms with Crippen molar-refractivity contribution in [2.45, 2.75) is 18.6 Å². The largest absolute Gasteiger partial charge is 0.493 e. The molecule has 0 bridgehead atoms. The van der Waals surface area contributed by atoms with Crippen molar-refractivity contribution in [1.82, 2.24) is 9.80 Å². The summed E-state index contributed by atoms with van der Waals surface area (Å²) in [7, 11) is 4.26. The molecule has 154 valence electrons. The molecule has 0 unspecified atom stereocenters. The number of carboxylic acids is 2. The molecule has 8 nitrogen and oxygen atoms in total. The average molecular weight is 392 g/mol. The van der Waals surface area contributed by atoms with Gasteiger partial charge in [0, 0.05) is 43.4 Å². The lowest BCUT2D eigenvalue weighted by molar-refractivity contribution is -0.134. The van der Waals surface area contributed by atoms with Crippen LogP contribution < -0.4 is 4.74 Å². The summed E-state index contributed by atoms with van der Waals surface area (Å²) in [4.78, 5) is 23.9. The third-order valence-electron chi connectivity index (χ3n) is 4.59. The third-order valence-corrected chi connectivity index (χ3v) is 4.59. The number of rotatable bonds is 5. The number of hydrogen-bond acceptors (Lipinski definition) is 6. The summed E-state index contributed by atoms with van der Waals surface area (Å²) in [5.74, 6) is -1.52. The molecular formula is C20H28N2O6. The van der Waals surface area contributed by atoms with E-state index in [2.05, 4.69) is 42.1 Å². The standard InChI is InChI=1S/C16H24N2O2.C4H4O4/c1-17(2)8-9-18-10-12-20-16-13-5-3-4-6-15(13)19-11-7-14(16)18;5-3(6)1-2-4(7)8/h3-6,14,16H,7-12H2,1-2H3;1-2H,(H,5,6)(H,7,8)/t14-,16-;/m0./s1. The molecule has 2 aliphatic heterocycles. The molecule has 0 aromatic heterocycles. The first-order chi connectivity index (χ1) is 13.4. The molecule has 1 aromatic carbocycles. The Labute approximate surface area is 165 Å². The number of fused-ring (bicyclic) bond motifs is 3. The second kappa shape index (κ2) is 10.8. The van der Waals surface area contributed by atoms with Gasteiger partial charge in [0.15, 0.2) is 0 Å². The van der Waals surface area contributed by atoms with Crippen LogP contribution in [0.3, 0.4) is 0 Å². The molecule has 1 aromatic rings. The molecule has 0 radical (unpaired) electrons. The van der Waals surface area contributed by atoms with Gasteiger partial charge in [0.05, 0.1) is 13.2 Å². The number of benzene rings is 1. The second-order valence-electron chi connectivity index (χ2n) is 6.88. The van der Waals surface area contributed by atoms with Crippen LogP contribution in [0.15, 0.2) is 36.4 Å². The van der Waals surface area contributed by atoms with Crippen LogP contribution in [-0.2, 0) is 14.3 Å². The molecule has 2 heterocycles. The molecule has 2 atom stereocenters. The highest BCUT2D eigenvalue weighted by Crippen LogP contribution is 2.37. The molecule has 0 saturated carbocycles. The van der Waals surface area contributed by atoms with Crippen LogP contribution in [0.25, 0.3) is 0 Å². The highest BCUT2D eigenvalue weighted by atomic mass is 16.5. The molecule has 28 heavy (non-hydrogen) atoms. The average Bonchev–Trinajstić information content (AvgIpc) is 2.85. The fourth-order valence-corrected chi connectivity index (χ4v) is 3.28. The topological polar surface area (TPSA) is 99.5 Å². The van der Waals surface area contributed by atoms with E-state index < -0.39 is 11.9 Å². The van der Waals surface area contributed by atoms with Crippen LogP contribution >= 0.6 is 0 Å². The van der Waals surface area contributed by atoms with Crippen LogP contribution in [0.4, 0.5) is 0 Å². The fourth-order valence-electron chi connectivity index (χ4n) is 3.28. The van der Waals surface area contributed by atoms with Crippen molar-refractivity contribution in [3.8, 4) is 5.75 Å². The Hall–Kier alpha value is -2.42. The van der Waals surface area contributed by atoms with E-state index >= 15 is 0 Å². The maximum atomic E-state index is 9.55. The summed E-state index contributed by atoms with van der Waals surface area (Å²) >= 11 is 0. The van der Waals surface area contributed by atoms with E-state index in [0.29, 0.717) is 18.2 Å². The Kier molecular flexibility index (Phi) is 8.43. The number of likely N-dealkylation sites (N-methyl/N-ethyl adjacent to an activating group) is 1. The molecule has 2 N–H and O–H groups in total. The van der Waals surface area contributed by atoms with Gasteiger partial charge in [-0.1, -0.05) is 18.2 Å². The van der Waals surface area contributed by atoms with Crippen molar-refractivity contribution in [3.63, 3.8) is 0 Å². The summed E-state index contributed by atoms with van der Waals surface area (Å²) < 4.78 is 12.0. The Morgan fingerprint density at radius 1 is 1.18 bits per heavy atom. The Bertz CT molecular complexity index is 675. The number of morpholine rings is 1. The van der Waals surface area contributed by atoms with Gasteiger partial charge in [-0.05, 0) is 26.6 Å². The molecule has 0 aliphatic carbocycles. The first kappa shape index (κ1) is 21.9. The summed E-state index contributed by atoms with van der Waals surface area (Å²) in [5.41, 5.74) is 1.21. The minimum Gasteiger partial charge on any atom is -0.493 e. The number of ether oxygens (including phenoxy) is 2. The Morgan fingerprint density at radius 3 is 2.50 bits per heavy atom. The van der Waals surface area contributed by atoms with E-state index in [1.54, 1.807) is 0 Å². The van der Waals surface area contributed by atoms with Gasteiger partial charge in [-0.3, -0.25) is 4.90 Å². The molecule has 3 rings (SSSR count). The van der Waals surface area contributed by atoms with Crippen molar-refractivity contribution >= 4 is 11.9 Å². The van der Waals surface area contributed by atoms with Gasteiger partial charge in [0.25, 0.3) is 0 Å². The van der Waals surface area contributed by atoms with Gasteiger partial charge in [0.1, 0.15) is 11.9 Å². The van der Waals surface area contributed by atoms with Gasteiger partial charge in [0.2, 0.25) is 0 Å².